The van der Waals surface area contributed by atoms with Crippen LogP contribution in [-0.4, -0.2) is 16.2 Å². The van der Waals surface area contributed by atoms with Gasteiger partial charge in [0.2, 0.25) is 0 Å². The van der Waals surface area contributed by atoms with E-state index < -0.39 is 11.4 Å². The Morgan fingerprint density at radius 3 is 2.47 bits per heavy atom. The van der Waals surface area contributed by atoms with Crippen LogP contribution in [0.4, 0.5) is 0 Å². The largest absolute Gasteiger partial charge is 0.508 e. The van der Waals surface area contributed by atoms with Gasteiger partial charge in [0, 0.05) is 10.0 Å². The van der Waals surface area contributed by atoms with E-state index in [4.69, 9.17) is 5.11 Å². The lowest BCUT2D eigenvalue weighted by Crippen LogP contribution is -2.19. The number of aromatic hydroxyl groups is 1. The van der Waals surface area contributed by atoms with Gasteiger partial charge in [0.1, 0.15) is 5.75 Å². The van der Waals surface area contributed by atoms with Gasteiger partial charge in [0.25, 0.3) is 0 Å². The molecule has 4 heteroatoms. The van der Waals surface area contributed by atoms with Crippen LogP contribution in [0, 0.1) is 6.92 Å². The summed E-state index contributed by atoms with van der Waals surface area (Å²) in [5.41, 5.74) is 0.665. The Hall–Kier alpha value is -1.03. The van der Waals surface area contributed by atoms with E-state index in [-0.39, 0.29) is 5.75 Å². The van der Waals surface area contributed by atoms with Gasteiger partial charge in [0.05, 0.1) is 5.41 Å². The third-order valence-corrected chi connectivity index (χ3v) is 3.85. The smallest absolute Gasteiger partial charge is 0.314 e. The van der Waals surface area contributed by atoms with Gasteiger partial charge >= 0.3 is 5.97 Å². The fraction of sp³-hybridized carbons (Fsp3) is 0.364. The molecule has 0 heterocycles. The highest BCUT2D eigenvalue weighted by Gasteiger charge is 2.52. The summed E-state index contributed by atoms with van der Waals surface area (Å²) in [5.74, 6) is -0.662. The number of hydrogen-bond donors (Lipinski definition) is 2. The van der Waals surface area contributed by atoms with Crippen molar-refractivity contribution in [2.24, 2.45) is 0 Å². The predicted molar refractivity (Wildman–Crippen MR) is 59.1 cm³/mol. The molecule has 0 radical (unpaired) electrons. The van der Waals surface area contributed by atoms with Crippen LogP contribution >= 0.6 is 15.9 Å². The van der Waals surface area contributed by atoms with Crippen LogP contribution in [0.15, 0.2) is 16.6 Å². The number of hydrogen-bond acceptors (Lipinski definition) is 2. The van der Waals surface area contributed by atoms with Crippen molar-refractivity contribution < 1.29 is 15.0 Å². The van der Waals surface area contributed by atoms with Crippen molar-refractivity contribution in [2.45, 2.75) is 25.2 Å². The molecule has 0 bridgehead atoms. The van der Waals surface area contributed by atoms with Crippen molar-refractivity contribution in [1.82, 2.24) is 0 Å². The molecule has 80 valence electrons. The highest BCUT2D eigenvalue weighted by molar-refractivity contribution is 9.10. The zero-order chi connectivity index (χ0) is 11.2. The Morgan fingerprint density at radius 2 is 2.07 bits per heavy atom. The maximum absolute atomic E-state index is 11.1. The molecule has 1 saturated carbocycles. The second kappa shape index (κ2) is 3.23. The molecular formula is C11H11BrO3. The second-order valence-electron chi connectivity index (χ2n) is 3.99. The Labute approximate surface area is 95.9 Å². The number of aliphatic carboxylic acids is 1. The molecule has 15 heavy (non-hydrogen) atoms. The topological polar surface area (TPSA) is 57.5 Å². The normalized spacial score (nSPS) is 17.5. The van der Waals surface area contributed by atoms with Gasteiger partial charge in [-0.25, -0.2) is 0 Å². The Kier molecular flexibility index (Phi) is 2.26. The van der Waals surface area contributed by atoms with E-state index in [1.54, 1.807) is 19.1 Å². The number of halogens is 1. The van der Waals surface area contributed by atoms with Crippen molar-refractivity contribution >= 4 is 21.9 Å². The van der Waals surface area contributed by atoms with Gasteiger partial charge in [-0.1, -0.05) is 15.9 Å². The zero-order valence-electron chi connectivity index (χ0n) is 8.25. The minimum Gasteiger partial charge on any atom is -0.508 e. The highest BCUT2D eigenvalue weighted by atomic mass is 79.9. The number of carboxylic acids is 1. The fourth-order valence-electron chi connectivity index (χ4n) is 1.69. The van der Waals surface area contributed by atoms with E-state index in [0.29, 0.717) is 18.4 Å². The Bertz CT molecular complexity index is 412. The summed E-state index contributed by atoms with van der Waals surface area (Å²) in [7, 11) is 0. The first-order valence-corrected chi connectivity index (χ1v) is 5.50. The number of rotatable bonds is 2. The van der Waals surface area contributed by atoms with Gasteiger partial charge in [-0.2, -0.15) is 0 Å². The number of carboxylic acid groups (broad SMARTS) is 1. The summed E-state index contributed by atoms with van der Waals surface area (Å²) >= 11 is 3.31. The van der Waals surface area contributed by atoms with Crippen molar-refractivity contribution in [1.29, 1.82) is 0 Å². The molecule has 0 saturated heterocycles. The highest BCUT2D eigenvalue weighted by Crippen LogP contribution is 2.50. The Balaban J connectivity index is 2.51. The van der Waals surface area contributed by atoms with Gasteiger partial charge in [0.15, 0.2) is 0 Å². The van der Waals surface area contributed by atoms with E-state index in [0.717, 1.165) is 10.0 Å². The molecular weight excluding hydrogens is 260 g/mol. The number of benzene rings is 1. The summed E-state index contributed by atoms with van der Waals surface area (Å²) in [6.07, 6.45) is 1.30. The molecule has 1 fully saturated rings. The average Bonchev–Trinajstić information content (AvgIpc) is 2.93. The van der Waals surface area contributed by atoms with E-state index in [1.807, 2.05) is 0 Å². The summed E-state index contributed by atoms with van der Waals surface area (Å²) in [6, 6.07) is 3.34. The second-order valence-corrected chi connectivity index (χ2v) is 4.84. The number of phenolic OH excluding ortho intramolecular Hbond substituents is 1. The van der Waals surface area contributed by atoms with E-state index >= 15 is 0 Å². The Morgan fingerprint density at radius 1 is 1.47 bits per heavy atom. The lowest BCUT2D eigenvalue weighted by molar-refractivity contribution is -0.140. The molecule has 0 aromatic heterocycles. The molecule has 0 unspecified atom stereocenters. The fourth-order valence-corrected chi connectivity index (χ4v) is 2.14. The SMILES string of the molecule is Cc1c(O)cc(C2(C(=O)O)CC2)cc1Br. The lowest BCUT2D eigenvalue weighted by atomic mass is 9.95. The van der Waals surface area contributed by atoms with Crippen LogP contribution in [0.1, 0.15) is 24.0 Å². The zero-order valence-corrected chi connectivity index (χ0v) is 9.84. The maximum atomic E-state index is 11.1. The molecule has 0 atom stereocenters. The van der Waals surface area contributed by atoms with E-state index in [2.05, 4.69) is 15.9 Å². The van der Waals surface area contributed by atoms with Gasteiger partial charge in [-0.3, -0.25) is 4.79 Å². The van der Waals surface area contributed by atoms with Crippen LogP contribution in [0.3, 0.4) is 0 Å². The molecule has 0 amide bonds. The molecule has 0 aliphatic heterocycles. The molecule has 2 rings (SSSR count). The maximum Gasteiger partial charge on any atom is 0.314 e. The van der Waals surface area contributed by atoms with E-state index in [1.165, 1.54) is 0 Å². The van der Waals surface area contributed by atoms with Gasteiger partial charge in [-0.05, 0) is 37.5 Å². The van der Waals surface area contributed by atoms with E-state index in [9.17, 15) is 9.90 Å². The van der Waals surface area contributed by atoms with Crippen molar-refractivity contribution in [3.05, 3.63) is 27.7 Å². The van der Waals surface area contributed by atoms with Crippen LogP contribution in [0.25, 0.3) is 0 Å². The van der Waals surface area contributed by atoms with Gasteiger partial charge in [-0.15, -0.1) is 0 Å². The minimum atomic E-state index is -0.808. The summed E-state index contributed by atoms with van der Waals surface area (Å²) in [6.45, 7) is 1.78. The van der Waals surface area contributed by atoms with Crippen LogP contribution < -0.4 is 0 Å². The third kappa shape index (κ3) is 1.53. The van der Waals surface area contributed by atoms with Crippen LogP contribution in [0.5, 0.6) is 5.75 Å². The van der Waals surface area contributed by atoms with Crippen LogP contribution in [-0.2, 0) is 10.2 Å². The number of phenols is 1. The first-order chi connectivity index (χ1) is 6.97. The summed E-state index contributed by atoms with van der Waals surface area (Å²) in [4.78, 5) is 11.1. The molecule has 1 aliphatic rings. The predicted octanol–water partition coefficient (Wildman–Crippen LogP) is 2.58. The lowest BCUT2D eigenvalue weighted by Gasteiger charge is -2.12. The third-order valence-electron chi connectivity index (χ3n) is 3.03. The number of carbonyl (C=O) groups is 1. The molecule has 1 aromatic carbocycles. The van der Waals surface area contributed by atoms with Crippen molar-refractivity contribution in [2.75, 3.05) is 0 Å². The minimum absolute atomic E-state index is 0.145. The molecule has 1 aromatic rings. The molecule has 1 aliphatic carbocycles. The molecule has 2 N–H and O–H groups in total. The first-order valence-electron chi connectivity index (χ1n) is 4.70. The van der Waals surface area contributed by atoms with Crippen molar-refractivity contribution in [3.63, 3.8) is 0 Å². The molecule has 0 spiro atoms. The van der Waals surface area contributed by atoms with Crippen molar-refractivity contribution in [3.8, 4) is 5.75 Å². The average molecular weight is 271 g/mol. The standard InChI is InChI=1S/C11H11BrO3/c1-6-8(12)4-7(5-9(6)13)11(2-3-11)10(14)15/h4-5,13H,2-3H2,1H3,(H,14,15). The first kappa shape index (κ1) is 10.5. The monoisotopic (exact) mass is 270 g/mol. The molecule has 3 nitrogen and oxygen atoms in total. The van der Waals surface area contributed by atoms with Crippen LogP contribution in [0.2, 0.25) is 0 Å². The summed E-state index contributed by atoms with van der Waals surface area (Å²) in [5, 5.41) is 18.7. The summed E-state index contributed by atoms with van der Waals surface area (Å²) < 4.78 is 0.755. The quantitative estimate of drug-likeness (QED) is 0.869. The van der Waals surface area contributed by atoms with Gasteiger partial charge < -0.3 is 10.2 Å².